The van der Waals surface area contributed by atoms with E-state index in [0.717, 1.165) is 0 Å². The van der Waals surface area contributed by atoms with Gasteiger partial charge in [-0.15, -0.1) is 0 Å². The van der Waals surface area contributed by atoms with Crippen LogP contribution >= 0.6 is 0 Å². The first-order chi connectivity index (χ1) is 1.41. The second-order valence-corrected chi connectivity index (χ2v) is 0.0962. The van der Waals surface area contributed by atoms with Crippen LogP contribution in [0.25, 0.3) is 0 Å². The summed E-state index contributed by atoms with van der Waals surface area (Å²) in [5, 5.41) is 8.25. The Morgan fingerprint density at radius 1 is 1.29 bits per heavy atom. The van der Waals surface area contributed by atoms with E-state index < -0.39 is 6.47 Å². The summed E-state index contributed by atoms with van der Waals surface area (Å²) >= 11 is 0. The molecule has 0 saturated carbocycles. The minimum Gasteiger partial charge on any atom is -1.00 e. The smallest absolute Gasteiger partial charge is 1.00 e. The van der Waals surface area contributed by atoms with Crippen molar-refractivity contribution in [3.8, 4) is 0 Å². The zero-order valence-electron chi connectivity index (χ0n) is 3.86. The van der Waals surface area contributed by atoms with Crippen molar-refractivity contribution in [3.05, 3.63) is 0 Å². The van der Waals surface area contributed by atoms with Crippen LogP contribution in [0.4, 0.5) is 0 Å². The molecule has 0 aromatic heterocycles. The third kappa shape index (κ3) is 47.7. The first-order valence-corrected chi connectivity index (χ1v) is 0.471. The molecule has 0 fully saturated rings. The topological polar surface area (TPSA) is 40.1 Å². The van der Waals surface area contributed by atoms with Gasteiger partial charge in [0.25, 0.3) is 0 Å². The first-order valence-electron chi connectivity index (χ1n) is 0.471. The van der Waals surface area contributed by atoms with Crippen LogP contribution < -0.4 is 108 Å². The van der Waals surface area contributed by atoms with Gasteiger partial charge in [0.1, 0.15) is 0 Å². The average molecular weight is 403 g/mol. The summed E-state index contributed by atoms with van der Waals surface area (Å²) in [5.74, 6) is 0. The minimum atomic E-state index is -0.500. The van der Waals surface area contributed by atoms with Gasteiger partial charge in [-0.05, 0) is 0 Å². The van der Waals surface area contributed by atoms with Gasteiger partial charge in [-0.1, -0.05) is 0 Å². The fourth-order valence-electron chi connectivity index (χ4n) is 0. The molecule has 0 amide bonds. The van der Waals surface area contributed by atoms with Gasteiger partial charge >= 0.3 is 88.4 Å². The molecule has 0 atom stereocenters. The maximum absolute atomic E-state index is 8.25. The number of hydrogen-bond acceptors (Lipinski definition) is 2. The molecule has 0 bridgehead atoms. The molecule has 0 heterocycles. The van der Waals surface area contributed by atoms with Gasteiger partial charge in [0.05, 0.1) is 0 Å². The fraction of sp³-hybridized carbons (Fsp3) is 0. The molecule has 0 aliphatic heterocycles. The van der Waals surface area contributed by atoms with E-state index in [1.807, 2.05) is 0 Å². The molecule has 0 saturated heterocycles. The van der Waals surface area contributed by atoms with Crippen molar-refractivity contribution in [3.63, 3.8) is 0 Å². The van der Waals surface area contributed by atoms with Crippen molar-refractivity contribution in [1.82, 2.24) is 0 Å². The fourth-order valence-corrected chi connectivity index (χ4v) is 0. The Labute approximate surface area is 135 Å². The van der Waals surface area contributed by atoms with Gasteiger partial charge in [-0.25, -0.2) is 0 Å². The van der Waals surface area contributed by atoms with E-state index in [0.29, 0.717) is 0 Å². The third-order valence-corrected chi connectivity index (χ3v) is 0. The van der Waals surface area contributed by atoms with E-state index in [4.69, 9.17) is 9.90 Å². The van der Waals surface area contributed by atoms with Gasteiger partial charge in [0.2, 0.25) is 0 Å². The van der Waals surface area contributed by atoms with Crippen molar-refractivity contribution in [2.24, 2.45) is 0 Å². The van der Waals surface area contributed by atoms with E-state index in [-0.39, 0.29) is 122 Å². The van der Waals surface area contributed by atoms with Gasteiger partial charge in [0.15, 0.2) is 0 Å². The number of carboxylic acid groups (broad SMARTS) is 1. The van der Waals surface area contributed by atoms with E-state index in [2.05, 4.69) is 0 Å². The Balaban J connectivity index is -0.00000000333. The van der Waals surface area contributed by atoms with Crippen LogP contribution in [0.1, 0.15) is 0 Å². The SMILES string of the molecule is O=C[O-].[Br-].[Br-].[Cs+].[Zn+2]. The standard InChI is InChI=1S/CH2O2.2BrH.Cs.Zn/c2-1-3;;;;/h1H,(H,2,3);2*1H;;/q;;;+1;+2/p-3. The normalized spacial score (nSPS) is 1.71. The molecule has 0 aromatic rings. The summed E-state index contributed by atoms with van der Waals surface area (Å²) in [6.45, 7) is -0.500. The van der Waals surface area contributed by atoms with Crippen LogP contribution in [0.3, 0.4) is 0 Å². The quantitative estimate of drug-likeness (QED) is 0.298. The Hall–Kier alpha value is 3.11. The molecule has 0 spiro atoms. The van der Waals surface area contributed by atoms with Gasteiger partial charge in [-0.3, -0.25) is 0 Å². The molecular weight excluding hydrogens is 402 g/mol. The van der Waals surface area contributed by atoms with Crippen molar-refractivity contribution in [2.45, 2.75) is 0 Å². The minimum absolute atomic E-state index is 0. The summed E-state index contributed by atoms with van der Waals surface area (Å²) < 4.78 is 0. The number of hydrogen-bond donors (Lipinski definition) is 0. The molecule has 0 aliphatic rings. The Kier molecular flexibility index (Phi) is 163. The molecule has 6 heteroatoms. The number of carbonyl (C=O) groups is 1. The predicted octanol–water partition coefficient (Wildman–Crippen LogP) is -10.6. The number of halogens is 2. The van der Waals surface area contributed by atoms with Gasteiger partial charge < -0.3 is 43.9 Å². The third-order valence-electron chi connectivity index (χ3n) is 0. The number of carbonyl (C=O) groups excluding carboxylic acids is 1. The van der Waals surface area contributed by atoms with Crippen LogP contribution in [0.5, 0.6) is 0 Å². The van der Waals surface area contributed by atoms with Crippen molar-refractivity contribution in [2.75, 3.05) is 0 Å². The molecule has 0 N–H and O–H groups in total. The molecular formula is CHBr2CsO2Zn. The van der Waals surface area contributed by atoms with Crippen LogP contribution in [-0.4, -0.2) is 6.47 Å². The van der Waals surface area contributed by atoms with Crippen LogP contribution in [0.2, 0.25) is 0 Å². The van der Waals surface area contributed by atoms with E-state index >= 15 is 0 Å². The van der Waals surface area contributed by atoms with Crippen molar-refractivity contribution < 1.29 is 132 Å². The van der Waals surface area contributed by atoms with E-state index in [1.165, 1.54) is 0 Å². The second-order valence-electron chi connectivity index (χ2n) is 0.0962. The first kappa shape index (κ1) is 32.1. The zero-order chi connectivity index (χ0) is 2.71. The van der Waals surface area contributed by atoms with E-state index in [9.17, 15) is 0 Å². The molecule has 2 nitrogen and oxygen atoms in total. The Morgan fingerprint density at radius 2 is 1.29 bits per heavy atom. The molecule has 0 radical (unpaired) electrons. The summed E-state index contributed by atoms with van der Waals surface area (Å²) in [4.78, 5) is 8.25. The Bertz CT molecular complexity index is 23.2. The number of rotatable bonds is 0. The average Bonchev–Trinajstić information content (AvgIpc) is 0.918. The maximum Gasteiger partial charge on any atom is 2.00 e. The van der Waals surface area contributed by atoms with Crippen molar-refractivity contribution in [1.29, 1.82) is 0 Å². The predicted molar refractivity (Wildman–Crippen MR) is 6.06 cm³/mol. The van der Waals surface area contributed by atoms with Crippen LogP contribution in [-0.2, 0) is 24.3 Å². The molecule has 0 rings (SSSR count). The molecule has 0 aromatic carbocycles. The maximum atomic E-state index is 8.25. The van der Waals surface area contributed by atoms with Gasteiger partial charge in [0, 0.05) is 6.47 Å². The van der Waals surface area contributed by atoms with Crippen LogP contribution in [0.15, 0.2) is 0 Å². The second kappa shape index (κ2) is 35.5. The molecule has 0 unspecified atom stereocenters. The monoisotopic (exact) mass is 400 g/mol. The van der Waals surface area contributed by atoms with Gasteiger partial charge in [-0.2, -0.15) is 0 Å². The molecule has 0 aliphatic carbocycles. The largest absolute Gasteiger partial charge is 2.00 e. The summed E-state index contributed by atoms with van der Waals surface area (Å²) in [7, 11) is 0. The van der Waals surface area contributed by atoms with E-state index in [1.54, 1.807) is 0 Å². The summed E-state index contributed by atoms with van der Waals surface area (Å²) in [5.41, 5.74) is 0. The molecule has 7 heavy (non-hydrogen) atoms. The van der Waals surface area contributed by atoms with Crippen LogP contribution in [0, 0.1) is 0 Å². The van der Waals surface area contributed by atoms with Crippen molar-refractivity contribution >= 4 is 6.47 Å². The summed E-state index contributed by atoms with van der Waals surface area (Å²) in [6, 6.07) is 0. The zero-order valence-corrected chi connectivity index (χ0v) is 16.3. The Morgan fingerprint density at radius 3 is 1.29 bits per heavy atom. The molecule has 34 valence electrons. The summed E-state index contributed by atoms with van der Waals surface area (Å²) in [6.07, 6.45) is 0.